The number of piperidine rings is 1. The predicted molar refractivity (Wildman–Crippen MR) is 127 cm³/mol. The molecule has 1 fully saturated rings. The van der Waals surface area contributed by atoms with E-state index < -0.39 is 0 Å². The molecular formula is C26H40N2O3. The van der Waals surface area contributed by atoms with Gasteiger partial charge in [-0.2, -0.15) is 0 Å². The first-order chi connectivity index (χ1) is 14.6. The van der Waals surface area contributed by atoms with Crippen molar-refractivity contribution in [1.82, 2.24) is 4.90 Å². The summed E-state index contributed by atoms with van der Waals surface area (Å²) in [4.78, 5) is 16.5. The summed E-state index contributed by atoms with van der Waals surface area (Å²) in [6, 6.07) is 4.58. The number of nitrogens with zero attached hydrogens (tertiary/aromatic N) is 2. The van der Waals surface area contributed by atoms with E-state index in [1.807, 2.05) is 4.90 Å². The SMILES string of the molecule is C=C(OC(C)(C)C)N1CCC(c2ccc3c(c2OCCC)CCC(C)N3C(C)=O)CC1. The molecule has 5 nitrogen and oxygen atoms in total. The Balaban J connectivity index is 1.84. The van der Waals surface area contributed by atoms with E-state index in [1.165, 1.54) is 11.1 Å². The lowest BCUT2D eigenvalue weighted by atomic mass is 9.85. The van der Waals surface area contributed by atoms with Crippen LogP contribution in [0.5, 0.6) is 5.75 Å². The first-order valence-corrected chi connectivity index (χ1v) is 11.8. The second kappa shape index (κ2) is 9.54. The molecule has 172 valence electrons. The highest BCUT2D eigenvalue weighted by atomic mass is 16.5. The van der Waals surface area contributed by atoms with Crippen molar-refractivity contribution < 1.29 is 14.3 Å². The van der Waals surface area contributed by atoms with E-state index in [1.54, 1.807) is 6.92 Å². The molecule has 1 atom stereocenters. The summed E-state index contributed by atoms with van der Waals surface area (Å²) >= 11 is 0. The highest BCUT2D eigenvalue weighted by Crippen LogP contribution is 2.44. The van der Waals surface area contributed by atoms with Gasteiger partial charge in [0, 0.05) is 31.6 Å². The van der Waals surface area contributed by atoms with Crippen molar-refractivity contribution in [2.75, 3.05) is 24.6 Å². The minimum Gasteiger partial charge on any atom is -0.493 e. The van der Waals surface area contributed by atoms with Crippen LogP contribution in [0.1, 0.15) is 84.3 Å². The molecule has 1 aromatic carbocycles. The minimum atomic E-state index is -0.229. The van der Waals surface area contributed by atoms with Crippen LogP contribution in [-0.2, 0) is 16.0 Å². The van der Waals surface area contributed by atoms with E-state index in [-0.39, 0.29) is 17.6 Å². The van der Waals surface area contributed by atoms with Gasteiger partial charge >= 0.3 is 0 Å². The fraction of sp³-hybridized carbons (Fsp3) is 0.654. The minimum absolute atomic E-state index is 0.105. The third kappa shape index (κ3) is 5.36. The number of anilines is 1. The van der Waals surface area contributed by atoms with Gasteiger partial charge in [0.05, 0.1) is 12.3 Å². The molecule has 0 aromatic heterocycles. The van der Waals surface area contributed by atoms with Gasteiger partial charge in [0.25, 0.3) is 0 Å². The van der Waals surface area contributed by atoms with Crippen LogP contribution in [0.25, 0.3) is 0 Å². The van der Waals surface area contributed by atoms with Gasteiger partial charge < -0.3 is 19.3 Å². The van der Waals surface area contributed by atoms with E-state index in [0.717, 1.165) is 62.5 Å². The fourth-order valence-corrected chi connectivity index (χ4v) is 4.86. The van der Waals surface area contributed by atoms with Crippen LogP contribution in [0.15, 0.2) is 24.6 Å². The maximum absolute atomic E-state index is 12.3. The lowest BCUT2D eigenvalue weighted by Crippen LogP contribution is -2.41. The zero-order chi connectivity index (χ0) is 22.8. The molecule has 2 aliphatic rings. The molecule has 0 radical (unpaired) electrons. The molecule has 1 saturated heterocycles. The molecule has 3 rings (SSSR count). The molecule has 0 aliphatic carbocycles. The number of hydrogen-bond acceptors (Lipinski definition) is 4. The number of hydrogen-bond donors (Lipinski definition) is 0. The number of fused-ring (bicyclic) bond motifs is 1. The standard InChI is InChI=1S/C26H40N2O3/c1-8-17-30-25-22(11-12-24-23(25)10-9-18(2)28(24)19(3)29)21-13-15-27(16-14-21)20(4)31-26(5,6)7/h11-12,18,21H,4,8-10,13-17H2,1-3,5-7H3. The average Bonchev–Trinajstić information content (AvgIpc) is 2.70. The van der Waals surface area contributed by atoms with E-state index in [4.69, 9.17) is 9.47 Å². The summed E-state index contributed by atoms with van der Waals surface area (Å²) in [5, 5.41) is 0. The van der Waals surface area contributed by atoms with Crippen molar-refractivity contribution in [3.05, 3.63) is 35.7 Å². The molecule has 0 spiro atoms. The fourth-order valence-electron chi connectivity index (χ4n) is 4.86. The van der Waals surface area contributed by atoms with Crippen molar-refractivity contribution in [2.24, 2.45) is 0 Å². The number of carbonyl (C=O) groups excluding carboxylic acids is 1. The summed E-state index contributed by atoms with van der Waals surface area (Å²) < 4.78 is 12.3. The Labute approximate surface area is 188 Å². The van der Waals surface area contributed by atoms with Crippen molar-refractivity contribution in [3.8, 4) is 5.75 Å². The Bertz CT molecular complexity index is 804. The van der Waals surface area contributed by atoms with Crippen LogP contribution in [0.4, 0.5) is 5.69 Å². The molecule has 31 heavy (non-hydrogen) atoms. The lowest BCUT2D eigenvalue weighted by Gasteiger charge is -2.39. The van der Waals surface area contributed by atoms with Gasteiger partial charge in [0.1, 0.15) is 11.4 Å². The molecule has 0 N–H and O–H groups in total. The van der Waals surface area contributed by atoms with Gasteiger partial charge in [0.15, 0.2) is 5.88 Å². The quantitative estimate of drug-likeness (QED) is 0.551. The summed E-state index contributed by atoms with van der Waals surface area (Å²) in [5.74, 6) is 2.35. The van der Waals surface area contributed by atoms with Crippen molar-refractivity contribution in [2.45, 2.75) is 91.2 Å². The van der Waals surface area contributed by atoms with Crippen LogP contribution in [0.2, 0.25) is 0 Å². The number of benzene rings is 1. The number of carbonyl (C=O) groups is 1. The lowest BCUT2D eigenvalue weighted by molar-refractivity contribution is -0.117. The highest BCUT2D eigenvalue weighted by Gasteiger charge is 2.32. The Morgan fingerprint density at radius 3 is 2.45 bits per heavy atom. The normalized spacial score (nSPS) is 19.7. The van der Waals surface area contributed by atoms with Crippen molar-refractivity contribution in [1.29, 1.82) is 0 Å². The molecule has 2 aliphatic heterocycles. The van der Waals surface area contributed by atoms with Crippen LogP contribution in [0, 0.1) is 0 Å². The monoisotopic (exact) mass is 428 g/mol. The Hall–Kier alpha value is -2.17. The smallest absolute Gasteiger partial charge is 0.224 e. The van der Waals surface area contributed by atoms with Crippen LogP contribution >= 0.6 is 0 Å². The average molecular weight is 429 g/mol. The Morgan fingerprint density at radius 2 is 1.87 bits per heavy atom. The molecule has 0 saturated carbocycles. The number of amides is 1. The number of rotatable bonds is 6. The van der Waals surface area contributed by atoms with Gasteiger partial charge in [-0.1, -0.05) is 13.0 Å². The van der Waals surface area contributed by atoms with Crippen molar-refractivity contribution >= 4 is 11.6 Å². The van der Waals surface area contributed by atoms with Crippen LogP contribution in [-0.4, -0.2) is 42.1 Å². The van der Waals surface area contributed by atoms with E-state index in [9.17, 15) is 4.79 Å². The Morgan fingerprint density at radius 1 is 1.19 bits per heavy atom. The number of likely N-dealkylation sites (tertiary alicyclic amines) is 1. The predicted octanol–water partition coefficient (Wildman–Crippen LogP) is 5.63. The van der Waals surface area contributed by atoms with E-state index in [2.05, 4.69) is 58.2 Å². The van der Waals surface area contributed by atoms with E-state index in [0.29, 0.717) is 12.5 Å². The molecule has 0 bridgehead atoms. The largest absolute Gasteiger partial charge is 0.493 e. The molecule has 2 heterocycles. The first-order valence-electron chi connectivity index (χ1n) is 11.8. The summed E-state index contributed by atoms with van der Waals surface area (Å²) in [7, 11) is 0. The summed E-state index contributed by atoms with van der Waals surface area (Å²) in [5.41, 5.74) is 3.31. The zero-order valence-corrected chi connectivity index (χ0v) is 20.3. The van der Waals surface area contributed by atoms with Gasteiger partial charge in [-0.3, -0.25) is 4.79 Å². The van der Waals surface area contributed by atoms with Crippen molar-refractivity contribution in [3.63, 3.8) is 0 Å². The van der Waals surface area contributed by atoms with E-state index >= 15 is 0 Å². The second-order valence-corrected chi connectivity index (χ2v) is 9.98. The Kier molecular flexibility index (Phi) is 7.23. The van der Waals surface area contributed by atoms with Crippen LogP contribution < -0.4 is 9.64 Å². The van der Waals surface area contributed by atoms with Gasteiger partial charge in [-0.05, 0) is 83.9 Å². The zero-order valence-electron chi connectivity index (χ0n) is 20.3. The molecular weight excluding hydrogens is 388 g/mol. The maximum atomic E-state index is 12.3. The van der Waals surface area contributed by atoms with Gasteiger partial charge in [-0.15, -0.1) is 0 Å². The molecule has 1 aromatic rings. The first kappa shape index (κ1) is 23.5. The molecule has 1 amide bonds. The molecule has 1 unspecified atom stereocenters. The third-order valence-electron chi connectivity index (χ3n) is 6.28. The van der Waals surface area contributed by atoms with Gasteiger partial charge in [-0.25, -0.2) is 0 Å². The third-order valence-corrected chi connectivity index (χ3v) is 6.28. The summed E-state index contributed by atoms with van der Waals surface area (Å²) in [6.07, 6.45) is 4.99. The van der Waals surface area contributed by atoms with Gasteiger partial charge in [0.2, 0.25) is 5.91 Å². The number of ether oxygens (including phenoxy) is 2. The van der Waals surface area contributed by atoms with Crippen LogP contribution in [0.3, 0.4) is 0 Å². The second-order valence-electron chi connectivity index (χ2n) is 9.98. The summed E-state index contributed by atoms with van der Waals surface area (Å²) in [6.45, 7) is 18.8. The topological polar surface area (TPSA) is 42.0 Å². The maximum Gasteiger partial charge on any atom is 0.224 e. The molecule has 5 heteroatoms. The highest BCUT2D eigenvalue weighted by molar-refractivity contribution is 5.94.